The van der Waals surface area contributed by atoms with Gasteiger partial charge in [-0.1, -0.05) is 0 Å². The minimum absolute atomic E-state index is 0.282. The lowest BCUT2D eigenvalue weighted by atomic mass is 10.1. The fourth-order valence-corrected chi connectivity index (χ4v) is 2.68. The van der Waals surface area contributed by atoms with E-state index >= 15 is 0 Å². The Morgan fingerprint density at radius 1 is 1.39 bits per heavy atom. The van der Waals surface area contributed by atoms with Gasteiger partial charge in [-0.15, -0.1) is 4.65 Å². The highest BCUT2D eigenvalue weighted by Gasteiger charge is 2.47. The molecule has 0 saturated carbocycles. The van der Waals surface area contributed by atoms with Crippen molar-refractivity contribution in [2.75, 3.05) is 20.6 Å². The SMILES string of the molecule is CC1=C(CN)[N+](C)(O)C(c2ccc(F)cc2)N1C. The molecule has 0 saturated heterocycles. The van der Waals surface area contributed by atoms with E-state index in [0.717, 1.165) is 17.0 Å². The molecule has 18 heavy (non-hydrogen) atoms. The Hall–Kier alpha value is -1.43. The second-order valence-corrected chi connectivity index (χ2v) is 4.80. The first-order valence-electron chi connectivity index (χ1n) is 5.87. The molecule has 2 atom stereocenters. The average Bonchev–Trinajstić information content (AvgIpc) is 2.48. The molecule has 3 N–H and O–H groups in total. The Morgan fingerprint density at radius 2 is 1.94 bits per heavy atom. The van der Waals surface area contributed by atoms with Crippen LogP contribution in [0.3, 0.4) is 0 Å². The molecule has 0 aromatic heterocycles. The zero-order valence-corrected chi connectivity index (χ0v) is 10.9. The van der Waals surface area contributed by atoms with Crippen molar-refractivity contribution in [3.63, 3.8) is 0 Å². The summed E-state index contributed by atoms with van der Waals surface area (Å²) in [4.78, 5) is 1.97. The van der Waals surface area contributed by atoms with Crippen LogP contribution in [-0.4, -0.2) is 35.4 Å². The van der Waals surface area contributed by atoms with E-state index in [9.17, 15) is 9.60 Å². The van der Waals surface area contributed by atoms with Crippen molar-refractivity contribution in [2.45, 2.75) is 13.1 Å². The Balaban J connectivity index is 2.45. The number of nitrogens with zero attached hydrogens (tertiary/aromatic N) is 2. The molecule has 4 nitrogen and oxygen atoms in total. The van der Waals surface area contributed by atoms with Gasteiger partial charge in [0.2, 0.25) is 6.17 Å². The molecule has 98 valence electrons. The number of allylic oxidation sites excluding steroid dienone is 1. The molecule has 1 aliphatic rings. The van der Waals surface area contributed by atoms with E-state index in [1.165, 1.54) is 12.1 Å². The number of quaternary nitrogens is 1. The molecule has 0 amide bonds. The van der Waals surface area contributed by atoms with Crippen LogP contribution in [0.4, 0.5) is 4.39 Å². The highest BCUT2D eigenvalue weighted by atomic mass is 19.1. The van der Waals surface area contributed by atoms with E-state index in [1.807, 2.05) is 18.9 Å². The largest absolute Gasteiger partial charge is 0.322 e. The van der Waals surface area contributed by atoms with E-state index < -0.39 is 0 Å². The molecule has 5 heteroatoms. The lowest BCUT2D eigenvalue weighted by molar-refractivity contribution is -1.08. The number of hydrogen-bond donors (Lipinski definition) is 2. The molecule has 0 radical (unpaired) electrons. The number of benzene rings is 1. The molecule has 2 rings (SSSR count). The van der Waals surface area contributed by atoms with Gasteiger partial charge in [-0.05, 0) is 31.2 Å². The quantitative estimate of drug-likeness (QED) is 0.789. The predicted molar refractivity (Wildman–Crippen MR) is 66.6 cm³/mol. The summed E-state index contributed by atoms with van der Waals surface area (Å²) in [6.07, 6.45) is -0.288. The van der Waals surface area contributed by atoms with Crippen LogP contribution in [0.5, 0.6) is 0 Å². The van der Waals surface area contributed by atoms with E-state index in [-0.39, 0.29) is 16.6 Å². The van der Waals surface area contributed by atoms with Gasteiger partial charge in [0.1, 0.15) is 12.9 Å². The molecule has 1 aromatic rings. The monoisotopic (exact) mass is 252 g/mol. The van der Waals surface area contributed by atoms with Crippen molar-refractivity contribution in [3.05, 3.63) is 47.0 Å². The third kappa shape index (κ3) is 1.80. The van der Waals surface area contributed by atoms with Gasteiger partial charge < -0.3 is 10.6 Å². The molecule has 1 heterocycles. The first-order chi connectivity index (χ1) is 8.39. The summed E-state index contributed by atoms with van der Waals surface area (Å²) in [5.74, 6) is -0.282. The van der Waals surface area contributed by atoms with Crippen LogP contribution >= 0.6 is 0 Å². The number of hydrogen-bond acceptors (Lipinski definition) is 3. The second-order valence-electron chi connectivity index (χ2n) is 4.80. The lowest BCUT2D eigenvalue weighted by Gasteiger charge is -2.32. The maximum absolute atomic E-state index is 13.0. The van der Waals surface area contributed by atoms with Gasteiger partial charge in [0.15, 0.2) is 5.70 Å². The van der Waals surface area contributed by atoms with E-state index in [2.05, 4.69) is 0 Å². The van der Waals surface area contributed by atoms with Crippen molar-refractivity contribution >= 4 is 0 Å². The normalized spacial score (nSPS) is 28.1. The number of likely N-dealkylation sites (N-methyl/N-ethyl adjacent to an activating group) is 1. The highest BCUT2D eigenvalue weighted by molar-refractivity contribution is 5.23. The highest BCUT2D eigenvalue weighted by Crippen LogP contribution is 2.41. The standard InChI is InChI=1S/C13H19FN3O/c1-9-12(8-15)17(3,18)13(16(9)2)10-4-6-11(14)7-5-10/h4-7,13,18H,8,15H2,1-3H3/q+1. The maximum atomic E-state index is 13.0. The van der Waals surface area contributed by atoms with Gasteiger partial charge >= 0.3 is 0 Å². The summed E-state index contributed by atoms with van der Waals surface area (Å²) in [5.41, 5.74) is 8.29. The van der Waals surface area contributed by atoms with Crippen LogP contribution in [0.15, 0.2) is 35.7 Å². The number of nitrogens with two attached hydrogens (primary N) is 1. The molecule has 0 spiro atoms. The van der Waals surface area contributed by atoms with Gasteiger partial charge in [-0.2, -0.15) is 0 Å². The Kier molecular flexibility index (Phi) is 3.14. The minimum atomic E-state index is -0.301. The molecule has 0 aliphatic carbocycles. The van der Waals surface area contributed by atoms with Crippen LogP contribution < -0.4 is 5.73 Å². The molecule has 0 bridgehead atoms. The Labute approximate surface area is 106 Å². The zero-order chi connectivity index (χ0) is 13.5. The third-order valence-corrected chi connectivity index (χ3v) is 3.70. The van der Waals surface area contributed by atoms with Crippen molar-refractivity contribution in [2.24, 2.45) is 5.73 Å². The van der Waals surface area contributed by atoms with E-state index in [1.54, 1.807) is 19.2 Å². The third-order valence-electron chi connectivity index (χ3n) is 3.70. The van der Waals surface area contributed by atoms with Gasteiger partial charge in [-0.25, -0.2) is 9.60 Å². The molecule has 2 unspecified atom stereocenters. The lowest BCUT2D eigenvalue weighted by Crippen LogP contribution is -2.44. The van der Waals surface area contributed by atoms with Crippen LogP contribution in [0.2, 0.25) is 0 Å². The number of halogens is 1. The van der Waals surface area contributed by atoms with Crippen LogP contribution in [0.1, 0.15) is 18.7 Å². The fraction of sp³-hybridized carbons (Fsp3) is 0.385. The summed E-state index contributed by atoms with van der Waals surface area (Å²) in [6, 6.07) is 6.18. The van der Waals surface area contributed by atoms with Gasteiger partial charge in [0.25, 0.3) is 0 Å². The summed E-state index contributed by atoms with van der Waals surface area (Å²) >= 11 is 0. The maximum Gasteiger partial charge on any atom is 0.225 e. The summed E-state index contributed by atoms with van der Waals surface area (Å²) in [5, 5.41) is 10.6. The summed E-state index contributed by atoms with van der Waals surface area (Å²) < 4.78 is 12.7. The smallest absolute Gasteiger partial charge is 0.225 e. The predicted octanol–water partition coefficient (Wildman–Crippen LogP) is 1.80. The molecule has 1 aromatic carbocycles. The van der Waals surface area contributed by atoms with Gasteiger partial charge in [-0.3, -0.25) is 0 Å². The Bertz CT molecular complexity index is 482. The van der Waals surface area contributed by atoms with Crippen molar-refractivity contribution in [1.29, 1.82) is 0 Å². The molecule has 0 fully saturated rings. The van der Waals surface area contributed by atoms with E-state index in [0.29, 0.717) is 6.54 Å². The van der Waals surface area contributed by atoms with Crippen LogP contribution in [-0.2, 0) is 0 Å². The summed E-state index contributed by atoms with van der Waals surface area (Å²) in [7, 11) is 3.60. The summed E-state index contributed by atoms with van der Waals surface area (Å²) in [6.45, 7) is 2.22. The zero-order valence-electron chi connectivity index (χ0n) is 10.9. The fourth-order valence-electron chi connectivity index (χ4n) is 2.68. The number of hydroxylamine groups is 3. The Morgan fingerprint density at radius 3 is 2.39 bits per heavy atom. The first-order valence-corrected chi connectivity index (χ1v) is 5.87. The first kappa shape index (κ1) is 13.0. The minimum Gasteiger partial charge on any atom is -0.322 e. The second kappa shape index (κ2) is 4.35. The van der Waals surface area contributed by atoms with Crippen LogP contribution in [0, 0.1) is 5.82 Å². The topological polar surface area (TPSA) is 49.5 Å². The molecular weight excluding hydrogens is 233 g/mol. The van der Waals surface area contributed by atoms with Crippen LogP contribution in [0.25, 0.3) is 0 Å². The van der Waals surface area contributed by atoms with Gasteiger partial charge in [0.05, 0.1) is 12.2 Å². The van der Waals surface area contributed by atoms with Gasteiger partial charge in [0, 0.05) is 12.6 Å². The molecular formula is C13H19FN3O+. The van der Waals surface area contributed by atoms with Crippen molar-refractivity contribution < 1.29 is 14.2 Å². The van der Waals surface area contributed by atoms with E-state index in [4.69, 9.17) is 5.73 Å². The average molecular weight is 252 g/mol. The molecule has 1 aliphatic heterocycles. The van der Waals surface area contributed by atoms with Crippen molar-refractivity contribution in [3.8, 4) is 0 Å². The number of rotatable bonds is 2. The van der Waals surface area contributed by atoms with Crippen molar-refractivity contribution in [1.82, 2.24) is 4.90 Å².